The molecule has 0 fully saturated rings. The van der Waals surface area contributed by atoms with E-state index in [-0.39, 0.29) is 0 Å². The largest absolute Gasteiger partial charge is 0.399 e. The van der Waals surface area contributed by atoms with Gasteiger partial charge in [0.2, 0.25) is 0 Å². The van der Waals surface area contributed by atoms with E-state index in [0.29, 0.717) is 22.7 Å². The number of amides is 2. The highest BCUT2D eigenvalue weighted by atomic mass is 16.2. The smallest absolute Gasteiger partial charge is 0.321 e. The predicted molar refractivity (Wildman–Crippen MR) is 114 cm³/mol. The van der Waals surface area contributed by atoms with Crippen LogP contribution in [0.3, 0.4) is 0 Å². The van der Waals surface area contributed by atoms with Gasteiger partial charge < -0.3 is 11.1 Å². The molecule has 3 aromatic rings. The minimum atomic E-state index is -0.698. The van der Waals surface area contributed by atoms with Gasteiger partial charge in [-0.1, -0.05) is 35.9 Å². The number of nitrogens with two attached hydrogens (primary N) is 1. The lowest BCUT2D eigenvalue weighted by Crippen LogP contribution is -2.37. The number of anilines is 4. The lowest BCUT2D eigenvalue weighted by atomic mass is 10.1. The van der Waals surface area contributed by atoms with E-state index in [9.17, 15) is 9.59 Å². The second-order valence-corrected chi connectivity index (χ2v) is 6.80. The number of hydrogen-bond donors (Lipinski definition) is 2. The molecule has 2 amide bonds. The molecule has 3 N–H and O–H groups in total. The fourth-order valence-electron chi connectivity index (χ4n) is 3.23. The number of hydrogen-bond acceptors (Lipinski definition) is 3. The van der Waals surface area contributed by atoms with E-state index in [1.807, 2.05) is 51.1 Å². The molecule has 0 aliphatic carbocycles. The molecule has 28 heavy (non-hydrogen) atoms. The number of nitrogen functional groups attached to an aromatic ring is 1. The maximum Gasteiger partial charge on any atom is 0.321 e. The number of carbonyl (C=O) groups excluding carboxylic acids is 2. The molecule has 0 spiro atoms. The summed E-state index contributed by atoms with van der Waals surface area (Å²) in [5.74, 6) is -1.37. The van der Waals surface area contributed by atoms with Crippen LogP contribution in [0.2, 0.25) is 0 Å². The first-order valence-electron chi connectivity index (χ1n) is 9.00. The van der Waals surface area contributed by atoms with Gasteiger partial charge in [-0.3, -0.25) is 14.5 Å². The van der Waals surface area contributed by atoms with Crippen molar-refractivity contribution in [2.75, 3.05) is 16.0 Å². The molecule has 0 unspecified atom stereocenters. The molecule has 0 saturated heterocycles. The highest BCUT2D eigenvalue weighted by molar-refractivity contribution is 6.45. The standard InChI is InChI=1S/C23H23N3O2/c1-15-13-16(2)21(17(3)14-15)25-22(27)23(28)26(19-7-5-4-6-8-19)20-11-9-18(24)10-12-20/h4-14H,24H2,1-3H3,(H,25,27). The third-order valence-electron chi connectivity index (χ3n) is 4.48. The minimum Gasteiger partial charge on any atom is -0.399 e. The van der Waals surface area contributed by atoms with Gasteiger partial charge in [0.05, 0.1) is 0 Å². The molecule has 0 atom stereocenters. The van der Waals surface area contributed by atoms with Crippen LogP contribution in [0.5, 0.6) is 0 Å². The summed E-state index contributed by atoms with van der Waals surface area (Å²) >= 11 is 0. The third-order valence-corrected chi connectivity index (χ3v) is 4.48. The number of rotatable bonds is 3. The fraction of sp³-hybridized carbons (Fsp3) is 0.130. The summed E-state index contributed by atoms with van der Waals surface area (Å²) in [6.45, 7) is 5.82. The highest BCUT2D eigenvalue weighted by Crippen LogP contribution is 2.27. The number of benzene rings is 3. The van der Waals surface area contributed by atoms with Crippen LogP contribution in [0.25, 0.3) is 0 Å². The zero-order chi connectivity index (χ0) is 20.3. The summed E-state index contributed by atoms with van der Waals surface area (Å²) in [6.07, 6.45) is 0. The van der Waals surface area contributed by atoms with Crippen LogP contribution in [-0.2, 0) is 9.59 Å². The van der Waals surface area contributed by atoms with Gasteiger partial charge in [0.15, 0.2) is 0 Å². The first-order valence-corrected chi connectivity index (χ1v) is 9.00. The molecule has 142 valence electrons. The lowest BCUT2D eigenvalue weighted by Gasteiger charge is -2.23. The fourth-order valence-corrected chi connectivity index (χ4v) is 3.23. The molecule has 3 aromatic carbocycles. The molecular weight excluding hydrogens is 350 g/mol. The lowest BCUT2D eigenvalue weighted by molar-refractivity contribution is -0.134. The number of aryl methyl sites for hydroxylation is 3. The Morgan fingerprint density at radius 1 is 0.821 bits per heavy atom. The topological polar surface area (TPSA) is 75.4 Å². The number of carbonyl (C=O) groups is 2. The Balaban J connectivity index is 1.95. The first kappa shape index (κ1) is 19.2. The van der Waals surface area contributed by atoms with Crippen molar-refractivity contribution in [3.63, 3.8) is 0 Å². The van der Waals surface area contributed by atoms with Gasteiger partial charge in [-0.15, -0.1) is 0 Å². The van der Waals surface area contributed by atoms with Crippen molar-refractivity contribution in [3.8, 4) is 0 Å². The van der Waals surface area contributed by atoms with E-state index in [1.54, 1.807) is 36.4 Å². The normalized spacial score (nSPS) is 10.4. The van der Waals surface area contributed by atoms with Crippen molar-refractivity contribution in [1.82, 2.24) is 0 Å². The maximum absolute atomic E-state index is 13.1. The summed E-state index contributed by atoms with van der Waals surface area (Å²) in [6, 6.07) is 19.8. The average molecular weight is 373 g/mol. The molecule has 0 heterocycles. The molecule has 0 aromatic heterocycles. The zero-order valence-corrected chi connectivity index (χ0v) is 16.2. The van der Waals surface area contributed by atoms with Crippen LogP contribution in [0.15, 0.2) is 66.7 Å². The van der Waals surface area contributed by atoms with Crippen molar-refractivity contribution in [1.29, 1.82) is 0 Å². The molecule has 0 aliphatic heterocycles. The van der Waals surface area contributed by atoms with Crippen molar-refractivity contribution in [2.24, 2.45) is 0 Å². The van der Waals surface area contributed by atoms with Gasteiger partial charge >= 0.3 is 11.8 Å². The highest BCUT2D eigenvalue weighted by Gasteiger charge is 2.25. The third kappa shape index (κ3) is 4.04. The second-order valence-electron chi connectivity index (χ2n) is 6.80. The summed E-state index contributed by atoms with van der Waals surface area (Å²) in [5, 5.41) is 2.78. The summed E-state index contributed by atoms with van der Waals surface area (Å²) in [4.78, 5) is 27.3. The minimum absolute atomic E-state index is 0.568. The Morgan fingerprint density at radius 3 is 1.93 bits per heavy atom. The molecule has 0 saturated carbocycles. The number of para-hydroxylation sites is 1. The van der Waals surface area contributed by atoms with Gasteiger partial charge in [0, 0.05) is 22.7 Å². The van der Waals surface area contributed by atoms with Crippen LogP contribution in [-0.4, -0.2) is 11.8 Å². The van der Waals surface area contributed by atoms with Gasteiger partial charge in [0.1, 0.15) is 0 Å². The van der Waals surface area contributed by atoms with Crippen molar-refractivity contribution >= 4 is 34.6 Å². The Bertz CT molecular complexity index is 989. The van der Waals surface area contributed by atoms with E-state index in [1.165, 1.54) is 4.90 Å². The molecule has 5 nitrogen and oxygen atoms in total. The van der Waals surface area contributed by atoms with E-state index >= 15 is 0 Å². The molecule has 5 heteroatoms. The summed E-state index contributed by atoms with van der Waals surface area (Å²) in [5.41, 5.74) is 11.1. The first-order chi connectivity index (χ1) is 13.4. The maximum atomic E-state index is 13.1. The molecule has 0 radical (unpaired) electrons. The monoisotopic (exact) mass is 373 g/mol. The van der Waals surface area contributed by atoms with Crippen LogP contribution in [0.1, 0.15) is 16.7 Å². The molecule has 0 aliphatic rings. The van der Waals surface area contributed by atoms with E-state index < -0.39 is 11.8 Å². The van der Waals surface area contributed by atoms with Crippen molar-refractivity contribution in [3.05, 3.63) is 83.4 Å². The summed E-state index contributed by atoms with van der Waals surface area (Å²) in [7, 11) is 0. The van der Waals surface area contributed by atoms with Gasteiger partial charge in [0.25, 0.3) is 0 Å². The van der Waals surface area contributed by atoms with Crippen LogP contribution in [0, 0.1) is 20.8 Å². The van der Waals surface area contributed by atoms with Crippen LogP contribution in [0.4, 0.5) is 22.7 Å². The summed E-state index contributed by atoms with van der Waals surface area (Å²) < 4.78 is 0. The zero-order valence-electron chi connectivity index (χ0n) is 16.2. The van der Waals surface area contributed by atoms with Crippen molar-refractivity contribution in [2.45, 2.75) is 20.8 Å². The van der Waals surface area contributed by atoms with Crippen LogP contribution < -0.4 is 16.0 Å². The van der Waals surface area contributed by atoms with Gasteiger partial charge in [-0.05, 0) is 68.3 Å². The van der Waals surface area contributed by atoms with E-state index in [2.05, 4.69) is 5.32 Å². The quantitative estimate of drug-likeness (QED) is 0.524. The van der Waals surface area contributed by atoms with Crippen molar-refractivity contribution < 1.29 is 9.59 Å². The second kappa shape index (κ2) is 7.96. The van der Waals surface area contributed by atoms with E-state index in [4.69, 9.17) is 5.73 Å². The Labute approximate surface area is 164 Å². The van der Waals surface area contributed by atoms with Gasteiger partial charge in [-0.2, -0.15) is 0 Å². The Morgan fingerprint density at radius 2 is 1.36 bits per heavy atom. The van der Waals surface area contributed by atoms with Gasteiger partial charge in [-0.25, -0.2) is 0 Å². The van der Waals surface area contributed by atoms with Crippen LogP contribution >= 0.6 is 0 Å². The number of nitrogens with one attached hydrogen (secondary N) is 1. The SMILES string of the molecule is Cc1cc(C)c(NC(=O)C(=O)N(c2ccccc2)c2ccc(N)cc2)c(C)c1. The van der Waals surface area contributed by atoms with E-state index in [0.717, 1.165) is 16.7 Å². The number of nitrogens with zero attached hydrogens (tertiary/aromatic N) is 1. The molecule has 0 bridgehead atoms. The Kier molecular flexibility index (Phi) is 5.45. The average Bonchev–Trinajstić information content (AvgIpc) is 2.67. The predicted octanol–water partition coefficient (Wildman–Crippen LogP) is 4.50. The Hall–Kier alpha value is -3.60. The molecular formula is C23H23N3O2. The molecule has 3 rings (SSSR count).